The maximum Gasteiger partial charge on any atom is 0.279 e. The molecule has 0 saturated heterocycles. The van der Waals surface area contributed by atoms with Crippen LogP contribution in [0.25, 0.3) is 15.8 Å². The van der Waals surface area contributed by atoms with Gasteiger partial charge in [0.05, 0.1) is 17.4 Å². The molecule has 0 amide bonds. The SMILES string of the molecule is CCc1ccc(Oc2nc3c(Cl)c(OC)ccc3s2)cc1C1=C(O)C(C)(C)OC(C)(C)C1=O. The van der Waals surface area contributed by atoms with E-state index in [-0.39, 0.29) is 17.1 Å². The Morgan fingerprint density at radius 1 is 1.15 bits per heavy atom. The van der Waals surface area contributed by atoms with Gasteiger partial charge in [0.2, 0.25) is 0 Å². The summed E-state index contributed by atoms with van der Waals surface area (Å²) in [6.07, 6.45) is 0.678. The molecule has 2 heterocycles. The number of hydrogen-bond acceptors (Lipinski definition) is 7. The van der Waals surface area contributed by atoms with Crippen molar-refractivity contribution in [3.05, 3.63) is 52.2 Å². The summed E-state index contributed by atoms with van der Waals surface area (Å²) < 4.78 is 18.1. The van der Waals surface area contributed by atoms with Crippen LogP contribution in [0.15, 0.2) is 36.1 Å². The van der Waals surface area contributed by atoms with Gasteiger partial charge in [-0.15, -0.1) is 0 Å². The molecule has 4 rings (SSSR count). The number of hydrogen-bond donors (Lipinski definition) is 1. The van der Waals surface area contributed by atoms with Crippen LogP contribution in [-0.2, 0) is 16.0 Å². The molecule has 0 bridgehead atoms. The minimum absolute atomic E-state index is 0.0856. The molecule has 3 aromatic rings. The van der Waals surface area contributed by atoms with Gasteiger partial charge in [0.1, 0.15) is 39.0 Å². The zero-order valence-corrected chi connectivity index (χ0v) is 21.0. The lowest BCUT2D eigenvalue weighted by Gasteiger charge is -2.40. The van der Waals surface area contributed by atoms with Gasteiger partial charge >= 0.3 is 0 Å². The largest absolute Gasteiger partial charge is 0.508 e. The van der Waals surface area contributed by atoms with Gasteiger partial charge in [-0.05, 0) is 69.5 Å². The Labute approximate surface area is 201 Å². The predicted octanol–water partition coefficient (Wildman–Crippen LogP) is 6.74. The van der Waals surface area contributed by atoms with E-state index in [0.29, 0.717) is 39.2 Å². The number of carbonyl (C=O) groups is 1. The number of methoxy groups -OCH3 is 1. The highest BCUT2D eigenvalue weighted by Gasteiger charge is 2.47. The average Bonchev–Trinajstić information content (AvgIpc) is 3.16. The van der Waals surface area contributed by atoms with E-state index >= 15 is 0 Å². The van der Waals surface area contributed by atoms with Crippen molar-refractivity contribution >= 4 is 44.5 Å². The van der Waals surface area contributed by atoms with Gasteiger partial charge in [0, 0.05) is 0 Å². The van der Waals surface area contributed by atoms with E-state index in [9.17, 15) is 9.90 Å². The molecule has 0 atom stereocenters. The van der Waals surface area contributed by atoms with Gasteiger partial charge in [-0.1, -0.05) is 35.9 Å². The summed E-state index contributed by atoms with van der Waals surface area (Å²) in [5, 5.41) is 11.8. The molecule has 0 radical (unpaired) electrons. The summed E-state index contributed by atoms with van der Waals surface area (Å²) >= 11 is 7.75. The van der Waals surface area contributed by atoms with Crippen molar-refractivity contribution in [3.63, 3.8) is 0 Å². The smallest absolute Gasteiger partial charge is 0.279 e. The fourth-order valence-corrected chi connectivity index (χ4v) is 5.26. The van der Waals surface area contributed by atoms with Crippen LogP contribution in [0, 0.1) is 0 Å². The summed E-state index contributed by atoms with van der Waals surface area (Å²) in [7, 11) is 1.55. The molecule has 2 aromatic carbocycles. The fourth-order valence-electron chi connectivity index (χ4n) is 4.08. The zero-order valence-electron chi connectivity index (χ0n) is 19.4. The highest BCUT2D eigenvalue weighted by molar-refractivity contribution is 7.20. The first-order valence-corrected chi connectivity index (χ1v) is 11.8. The Balaban J connectivity index is 1.79. The molecule has 0 unspecified atom stereocenters. The molecule has 0 saturated carbocycles. The lowest BCUT2D eigenvalue weighted by Crippen LogP contribution is -2.49. The first-order valence-electron chi connectivity index (χ1n) is 10.6. The Bertz CT molecular complexity index is 1290. The molecular formula is C25H26ClNO5S. The number of halogens is 1. The number of aromatic nitrogens is 1. The number of thiazole rings is 1. The average molecular weight is 488 g/mol. The van der Waals surface area contributed by atoms with E-state index in [1.54, 1.807) is 46.9 Å². The van der Waals surface area contributed by atoms with Crippen molar-refractivity contribution in [1.82, 2.24) is 4.98 Å². The molecule has 1 aliphatic rings. The van der Waals surface area contributed by atoms with E-state index in [4.69, 9.17) is 25.8 Å². The van der Waals surface area contributed by atoms with Gasteiger partial charge in [0.15, 0.2) is 5.78 Å². The molecule has 8 heteroatoms. The van der Waals surface area contributed by atoms with E-state index in [0.717, 1.165) is 10.3 Å². The van der Waals surface area contributed by atoms with Gasteiger partial charge < -0.3 is 19.3 Å². The van der Waals surface area contributed by atoms with Crippen LogP contribution in [0.5, 0.6) is 16.7 Å². The number of aliphatic hydroxyl groups excluding tert-OH is 1. The third-order valence-corrected chi connectivity index (χ3v) is 6.96. The quantitative estimate of drug-likeness (QED) is 0.429. The van der Waals surface area contributed by atoms with Gasteiger partial charge in [-0.3, -0.25) is 4.79 Å². The number of ether oxygens (including phenoxy) is 3. The third-order valence-electron chi connectivity index (χ3n) is 5.69. The number of Topliss-reactive ketones (excluding diaryl/α,β-unsaturated/α-hetero) is 1. The number of aliphatic hydroxyl groups is 1. The van der Waals surface area contributed by atoms with Gasteiger partial charge in [-0.25, -0.2) is 4.98 Å². The first-order chi connectivity index (χ1) is 15.5. The van der Waals surface area contributed by atoms with Crippen LogP contribution in [0.4, 0.5) is 0 Å². The summed E-state index contributed by atoms with van der Waals surface area (Å²) in [6.45, 7) is 8.94. The molecule has 6 nitrogen and oxygen atoms in total. The molecule has 1 aliphatic heterocycles. The zero-order chi connectivity index (χ0) is 24.1. The van der Waals surface area contributed by atoms with Crippen LogP contribution in [0.3, 0.4) is 0 Å². The molecule has 33 heavy (non-hydrogen) atoms. The topological polar surface area (TPSA) is 77.9 Å². The molecule has 1 aromatic heterocycles. The normalized spacial score (nSPS) is 17.5. The third kappa shape index (κ3) is 4.09. The first kappa shape index (κ1) is 23.5. The predicted molar refractivity (Wildman–Crippen MR) is 131 cm³/mol. The summed E-state index contributed by atoms with van der Waals surface area (Å²) in [5.41, 5.74) is 0.332. The number of carbonyl (C=O) groups excluding carboxylic acids is 1. The molecule has 0 aliphatic carbocycles. The molecule has 0 fully saturated rings. The van der Waals surface area contributed by atoms with Crippen molar-refractivity contribution in [2.45, 2.75) is 52.2 Å². The van der Waals surface area contributed by atoms with E-state index in [1.807, 2.05) is 25.1 Å². The number of benzene rings is 2. The van der Waals surface area contributed by atoms with E-state index in [1.165, 1.54) is 11.3 Å². The Morgan fingerprint density at radius 2 is 1.88 bits per heavy atom. The number of fused-ring (bicyclic) bond motifs is 1. The van der Waals surface area contributed by atoms with Crippen LogP contribution >= 0.6 is 22.9 Å². The van der Waals surface area contributed by atoms with Crippen molar-refractivity contribution < 1.29 is 24.1 Å². The van der Waals surface area contributed by atoms with Crippen molar-refractivity contribution in [3.8, 4) is 16.7 Å². The minimum atomic E-state index is -1.07. The second-order valence-corrected chi connectivity index (χ2v) is 10.2. The van der Waals surface area contributed by atoms with Crippen molar-refractivity contribution in [2.75, 3.05) is 7.11 Å². The van der Waals surface area contributed by atoms with Crippen LogP contribution in [-0.4, -0.2) is 34.2 Å². The maximum atomic E-state index is 13.3. The lowest BCUT2D eigenvalue weighted by molar-refractivity contribution is -0.158. The fraction of sp³-hybridized carbons (Fsp3) is 0.360. The lowest BCUT2D eigenvalue weighted by atomic mass is 9.81. The summed E-state index contributed by atoms with van der Waals surface area (Å²) in [6, 6.07) is 9.17. The van der Waals surface area contributed by atoms with Crippen molar-refractivity contribution in [2.24, 2.45) is 0 Å². The number of aryl methyl sites for hydroxylation is 1. The summed E-state index contributed by atoms with van der Waals surface area (Å²) in [5.74, 6) is 0.684. The molecule has 0 spiro atoms. The number of rotatable bonds is 5. The Hall–Kier alpha value is -2.61. The van der Waals surface area contributed by atoms with Gasteiger partial charge in [-0.2, -0.15) is 0 Å². The standard InChI is InChI=1S/C25H26ClNO5S/c1-7-13-8-9-14(31-23-27-20-17(33-23)11-10-16(30-6)19(20)26)12-15(13)18-21(28)24(2,3)32-25(4,5)22(18)29/h8-12,28H,7H2,1-6H3. The highest BCUT2D eigenvalue weighted by Crippen LogP contribution is 2.43. The van der Waals surface area contributed by atoms with Crippen molar-refractivity contribution in [1.29, 1.82) is 0 Å². The second kappa shape index (κ2) is 8.31. The van der Waals surface area contributed by atoms with E-state index in [2.05, 4.69) is 4.98 Å². The van der Waals surface area contributed by atoms with Crippen LogP contribution in [0.1, 0.15) is 45.7 Å². The number of ketones is 1. The summed E-state index contributed by atoms with van der Waals surface area (Å²) in [4.78, 5) is 17.8. The minimum Gasteiger partial charge on any atom is -0.508 e. The highest BCUT2D eigenvalue weighted by atomic mass is 35.5. The van der Waals surface area contributed by atoms with Gasteiger partial charge in [0.25, 0.3) is 5.19 Å². The number of nitrogens with zero attached hydrogens (tertiary/aromatic N) is 1. The second-order valence-electron chi connectivity index (χ2n) is 8.86. The van der Waals surface area contributed by atoms with Crippen LogP contribution in [0.2, 0.25) is 5.02 Å². The Kier molecular flexibility index (Phi) is 5.93. The Morgan fingerprint density at radius 3 is 2.55 bits per heavy atom. The molecule has 174 valence electrons. The molecule has 1 N–H and O–H groups in total. The monoisotopic (exact) mass is 487 g/mol. The maximum absolute atomic E-state index is 13.3. The van der Waals surface area contributed by atoms with E-state index < -0.39 is 11.2 Å². The molecular weight excluding hydrogens is 462 g/mol. The van der Waals surface area contributed by atoms with Crippen LogP contribution < -0.4 is 9.47 Å².